The van der Waals surface area contributed by atoms with Crippen LogP contribution in [0, 0.1) is 0 Å². The zero-order valence-electron chi connectivity index (χ0n) is 10.9. The maximum Gasteiger partial charge on any atom is 0.147 e. The van der Waals surface area contributed by atoms with Gasteiger partial charge in [0.25, 0.3) is 0 Å². The zero-order chi connectivity index (χ0) is 13.9. The summed E-state index contributed by atoms with van der Waals surface area (Å²) in [6.45, 7) is 0.866. The van der Waals surface area contributed by atoms with Gasteiger partial charge in [0.2, 0.25) is 0 Å². The maximum absolute atomic E-state index is 6.10. The van der Waals surface area contributed by atoms with E-state index in [2.05, 4.69) is 11.4 Å². The molecule has 1 fully saturated rings. The normalized spacial score (nSPS) is 14.3. The van der Waals surface area contributed by atoms with Crippen molar-refractivity contribution in [2.75, 3.05) is 0 Å². The van der Waals surface area contributed by atoms with Crippen molar-refractivity contribution in [3.05, 3.63) is 58.1 Å². The maximum atomic E-state index is 6.10. The molecule has 0 unspecified atom stereocenters. The Morgan fingerprint density at radius 2 is 1.95 bits per heavy atom. The summed E-state index contributed by atoms with van der Waals surface area (Å²) in [5.41, 5.74) is 1.20. The van der Waals surface area contributed by atoms with Crippen LogP contribution in [0.3, 0.4) is 0 Å². The van der Waals surface area contributed by atoms with Crippen LogP contribution < -0.4 is 10.1 Å². The Morgan fingerprint density at radius 3 is 2.75 bits per heavy atom. The Hall–Kier alpha value is -1.22. The monoisotopic (exact) mass is 307 g/mol. The lowest BCUT2D eigenvalue weighted by Gasteiger charge is -2.10. The number of halogens is 2. The minimum Gasteiger partial charge on any atom is -0.456 e. The summed E-state index contributed by atoms with van der Waals surface area (Å²) in [7, 11) is 0. The first-order valence-electron chi connectivity index (χ1n) is 6.66. The lowest BCUT2D eigenvalue weighted by molar-refractivity contribution is 0.482. The van der Waals surface area contributed by atoms with E-state index in [4.69, 9.17) is 27.9 Å². The number of hydrogen-bond acceptors (Lipinski definition) is 2. The minimum absolute atomic E-state index is 0.552. The Morgan fingerprint density at radius 1 is 1.10 bits per heavy atom. The Bertz CT molecular complexity index is 611. The van der Waals surface area contributed by atoms with E-state index in [0.29, 0.717) is 21.8 Å². The second kappa shape index (κ2) is 6.04. The van der Waals surface area contributed by atoms with Crippen LogP contribution in [0.1, 0.15) is 18.4 Å². The van der Waals surface area contributed by atoms with Crippen molar-refractivity contribution in [2.24, 2.45) is 0 Å². The molecule has 0 heterocycles. The summed E-state index contributed by atoms with van der Waals surface area (Å²) in [6.07, 6.45) is 2.57. The third kappa shape index (κ3) is 3.66. The standard InChI is InChI=1S/C16H15Cl2NO/c17-12-4-7-15(18)16(9-12)20-14-3-1-2-11(8-14)10-19-13-5-6-13/h1-4,7-9,13,19H,5-6,10H2. The summed E-state index contributed by atoms with van der Waals surface area (Å²) in [4.78, 5) is 0. The third-order valence-electron chi connectivity index (χ3n) is 3.19. The first kappa shape index (κ1) is 13.7. The molecule has 0 spiro atoms. The van der Waals surface area contributed by atoms with Crippen molar-refractivity contribution in [2.45, 2.75) is 25.4 Å². The van der Waals surface area contributed by atoms with Crippen LogP contribution in [-0.4, -0.2) is 6.04 Å². The van der Waals surface area contributed by atoms with E-state index in [-0.39, 0.29) is 0 Å². The molecule has 1 N–H and O–H groups in total. The van der Waals surface area contributed by atoms with E-state index >= 15 is 0 Å². The number of rotatable bonds is 5. The van der Waals surface area contributed by atoms with Crippen molar-refractivity contribution in [1.29, 1.82) is 0 Å². The van der Waals surface area contributed by atoms with Crippen LogP contribution in [0.25, 0.3) is 0 Å². The summed E-state index contributed by atoms with van der Waals surface area (Å²) < 4.78 is 5.81. The highest BCUT2D eigenvalue weighted by molar-refractivity contribution is 6.34. The quantitative estimate of drug-likeness (QED) is 0.835. The van der Waals surface area contributed by atoms with Gasteiger partial charge in [-0.3, -0.25) is 0 Å². The number of nitrogens with one attached hydrogen (secondary N) is 1. The number of ether oxygens (including phenoxy) is 1. The second-order valence-electron chi connectivity index (χ2n) is 4.98. The molecule has 0 bridgehead atoms. The van der Waals surface area contributed by atoms with Gasteiger partial charge in [0.1, 0.15) is 11.5 Å². The van der Waals surface area contributed by atoms with Crippen molar-refractivity contribution < 1.29 is 4.74 Å². The van der Waals surface area contributed by atoms with Gasteiger partial charge in [-0.15, -0.1) is 0 Å². The van der Waals surface area contributed by atoms with Crippen LogP contribution >= 0.6 is 23.2 Å². The van der Waals surface area contributed by atoms with Crippen LogP contribution in [-0.2, 0) is 6.54 Å². The predicted octanol–water partition coefficient (Wildman–Crippen LogP) is 5.04. The van der Waals surface area contributed by atoms with Gasteiger partial charge in [-0.1, -0.05) is 35.3 Å². The van der Waals surface area contributed by atoms with E-state index in [1.807, 2.05) is 18.2 Å². The molecule has 1 saturated carbocycles. The fraction of sp³-hybridized carbons (Fsp3) is 0.250. The van der Waals surface area contributed by atoms with Gasteiger partial charge in [0.15, 0.2) is 0 Å². The molecule has 2 aromatic rings. The van der Waals surface area contributed by atoms with Gasteiger partial charge in [0, 0.05) is 23.7 Å². The molecule has 0 aromatic heterocycles. The predicted molar refractivity (Wildman–Crippen MR) is 82.8 cm³/mol. The van der Waals surface area contributed by atoms with Gasteiger partial charge in [0.05, 0.1) is 5.02 Å². The molecule has 1 aliphatic carbocycles. The highest BCUT2D eigenvalue weighted by Crippen LogP contribution is 2.32. The van der Waals surface area contributed by atoms with Crippen molar-refractivity contribution in [3.63, 3.8) is 0 Å². The molecule has 20 heavy (non-hydrogen) atoms. The summed E-state index contributed by atoms with van der Waals surface area (Å²) in [5.74, 6) is 1.34. The summed E-state index contributed by atoms with van der Waals surface area (Å²) in [5, 5.41) is 4.64. The van der Waals surface area contributed by atoms with Gasteiger partial charge >= 0.3 is 0 Å². The van der Waals surface area contributed by atoms with Crippen molar-refractivity contribution in [3.8, 4) is 11.5 Å². The zero-order valence-corrected chi connectivity index (χ0v) is 12.4. The van der Waals surface area contributed by atoms with Gasteiger partial charge in [-0.25, -0.2) is 0 Å². The molecule has 4 heteroatoms. The second-order valence-corrected chi connectivity index (χ2v) is 5.82. The van der Waals surface area contributed by atoms with Gasteiger partial charge < -0.3 is 10.1 Å². The number of hydrogen-bond donors (Lipinski definition) is 1. The van der Waals surface area contributed by atoms with Gasteiger partial charge in [-0.05, 0) is 42.7 Å². The number of benzene rings is 2. The first-order chi connectivity index (χ1) is 9.70. The molecule has 0 atom stereocenters. The summed E-state index contributed by atoms with van der Waals surface area (Å²) >= 11 is 12.1. The Kier molecular flexibility index (Phi) is 4.16. The molecule has 0 saturated heterocycles. The molecule has 0 radical (unpaired) electrons. The highest BCUT2D eigenvalue weighted by atomic mass is 35.5. The average molecular weight is 308 g/mol. The first-order valence-corrected chi connectivity index (χ1v) is 7.41. The van der Waals surface area contributed by atoms with Crippen LogP contribution in [0.5, 0.6) is 11.5 Å². The van der Waals surface area contributed by atoms with E-state index in [1.54, 1.807) is 18.2 Å². The minimum atomic E-state index is 0.552. The third-order valence-corrected chi connectivity index (χ3v) is 3.74. The van der Waals surface area contributed by atoms with E-state index in [1.165, 1.54) is 18.4 Å². The fourth-order valence-electron chi connectivity index (χ4n) is 1.95. The van der Waals surface area contributed by atoms with E-state index in [0.717, 1.165) is 12.3 Å². The van der Waals surface area contributed by atoms with Crippen LogP contribution in [0.2, 0.25) is 10.0 Å². The molecular formula is C16H15Cl2NO. The molecule has 0 amide bonds. The molecule has 2 aromatic carbocycles. The van der Waals surface area contributed by atoms with Crippen molar-refractivity contribution in [1.82, 2.24) is 5.32 Å². The van der Waals surface area contributed by atoms with Crippen molar-refractivity contribution >= 4 is 23.2 Å². The molecular weight excluding hydrogens is 293 g/mol. The SMILES string of the molecule is Clc1ccc(Cl)c(Oc2cccc(CNC3CC3)c2)c1. The molecule has 2 nitrogen and oxygen atoms in total. The largest absolute Gasteiger partial charge is 0.456 e. The lowest BCUT2D eigenvalue weighted by Crippen LogP contribution is -2.15. The Labute approximate surface area is 128 Å². The average Bonchev–Trinajstić information content (AvgIpc) is 3.25. The molecule has 1 aliphatic rings. The van der Waals surface area contributed by atoms with E-state index < -0.39 is 0 Å². The van der Waals surface area contributed by atoms with Crippen LogP contribution in [0.4, 0.5) is 0 Å². The molecule has 104 valence electrons. The van der Waals surface area contributed by atoms with Gasteiger partial charge in [-0.2, -0.15) is 0 Å². The summed E-state index contributed by atoms with van der Waals surface area (Å²) in [6, 6.07) is 13.9. The highest BCUT2D eigenvalue weighted by Gasteiger charge is 2.19. The fourth-order valence-corrected chi connectivity index (χ4v) is 2.27. The molecule has 0 aliphatic heterocycles. The lowest BCUT2D eigenvalue weighted by atomic mass is 10.2. The topological polar surface area (TPSA) is 21.3 Å². The Balaban J connectivity index is 1.72. The molecule has 3 rings (SSSR count). The van der Waals surface area contributed by atoms with E-state index in [9.17, 15) is 0 Å². The van der Waals surface area contributed by atoms with Crippen LogP contribution in [0.15, 0.2) is 42.5 Å². The smallest absolute Gasteiger partial charge is 0.147 e.